The monoisotopic (exact) mass is 260 g/mol. The van der Waals surface area contributed by atoms with Crippen molar-refractivity contribution in [3.63, 3.8) is 0 Å². The molecule has 0 saturated heterocycles. The number of benzene rings is 1. The third kappa shape index (κ3) is 2.45. The van der Waals surface area contributed by atoms with Crippen LogP contribution in [-0.2, 0) is 0 Å². The second-order valence-corrected chi connectivity index (χ2v) is 7.11. The number of hydrogen-bond acceptors (Lipinski definition) is 1. The Morgan fingerprint density at radius 2 is 1.63 bits per heavy atom. The maximum Gasteiger partial charge on any atom is 0.0828 e. The molecule has 2 unspecified atom stereocenters. The van der Waals surface area contributed by atoms with Gasteiger partial charge in [-0.25, -0.2) is 0 Å². The minimum absolute atomic E-state index is 0.260. The summed E-state index contributed by atoms with van der Waals surface area (Å²) in [6.07, 6.45) is 3.33. The largest absolute Gasteiger partial charge is 0.388 e. The molecule has 2 atom stereocenters. The molecule has 0 amide bonds. The van der Waals surface area contributed by atoms with Gasteiger partial charge in [-0.1, -0.05) is 26.3 Å². The van der Waals surface area contributed by atoms with Crippen LogP contribution >= 0.6 is 0 Å². The quantitative estimate of drug-likeness (QED) is 0.811. The highest BCUT2D eigenvalue weighted by Crippen LogP contribution is 2.49. The molecule has 0 aliphatic heterocycles. The number of hydrogen-bond donors (Lipinski definition) is 1. The van der Waals surface area contributed by atoms with Crippen LogP contribution in [0.5, 0.6) is 0 Å². The molecule has 1 saturated carbocycles. The Kier molecular flexibility index (Phi) is 3.79. The Morgan fingerprint density at radius 3 is 2.05 bits per heavy atom. The highest BCUT2D eigenvalue weighted by atomic mass is 16.3. The predicted molar refractivity (Wildman–Crippen MR) is 81.5 cm³/mol. The van der Waals surface area contributed by atoms with Gasteiger partial charge in [0.05, 0.1) is 6.10 Å². The zero-order chi connectivity index (χ0) is 14.4. The van der Waals surface area contributed by atoms with Crippen LogP contribution in [0.4, 0.5) is 0 Å². The van der Waals surface area contributed by atoms with Gasteiger partial charge in [-0.2, -0.15) is 0 Å². The van der Waals surface area contributed by atoms with E-state index < -0.39 is 0 Å². The van der Waals surface area contributed by atoms with Crippen molar-refractivity contribution in [2.45, 2.75) is 66.9 Å². The van der Waals surface area contributed by atoms with Crippen molar-refractivity contribution in [2.75, 3.05) is 0 Å². The van der Waals surface area contributed by atoms with Gasteiger partial charge in [0.1, 0.15) is 0 Å². The minimum Gasteiger partial charge on any atom is -0.388 e. The van der Waals surface area contributed by atoms with Gasteiger partial charge in [0, 0.05) is 0 Å². The van der Waals surface area contributed by atoms with Gasteiger partial charge in [0.2, 0.25) is 0 Å². The average molecular weight is 260 g/mol. The van der Waals surface area contributed by atoms with Gasteiger partial charge >= 0.3 is 0 Å². The van der Waals surface area contributed by atoms with E-state index in [1.54, 1.807) is 0 Å². The van der Waals surface area contributed by atoms with E-state index in [1.807, 2.05) is 0 Å². The first-order chi connectivity index (χ1) is 8.75. The molecule has 106 valence electrons. The molecular formula is C18H28O. The van der Waals surface area contributed by atoms with Crippen LogP contribution in [0.15, 0.2) is 6.07 Å². The molecule has 0 aromatic heterocycles. The topological polar surface area (TPSA) is 20.2 Å². The van der Waals surface area contributed by atoms with E-state index >= 15 is 0 Å². The summed E-state index contributed by atoms with van der Waals surface area (Å²) in [6.45, 7) is 13.2. The lowest BCUT2D eigenvalue weighted by Crippen LogP contribution is -2.25. The Labute approximate surface area is 118 Å². The summed E-state index contributed by atoms with van der Waals surface area (Å²) in [5.74, 6) is 0.395. The van der Waals surface area contributed by atoms with Crippen LogP contribution in [0.1, 0.15) is 67.0 Å². The van der Waals surface area contributed by atoms with E-state index in [0.717, 1.165) is 6.42 Å². The molecule has 2 rings (SSSR count). The van der Waals surface area contributed by atoms with Gasteiger partial charge in [-0.3, -0.25) is 0 Å². The highest BCUT2D eigenvalue weighted by molar-refractivity contribution is 5.45. The molecular weight excluding hydrogens is 232 g/mol. The van der Waals surface area contributed by atoms with E-state index in [1.165, 1.54) is 40.7 Å². The van der Waals surface area contributed by atoms with Crippen molar-refractivity contribution < 1.29 is 5.11 Å². The van der Waals surface area contributed by atoms with E-state index in [9.17, 15) is 5.11 Å². The fraction of sp³-hybridized carbons (Fsp3) is 0.667. The van der Waals surface area contributed by atoms with Crippen LogP contribution < -0.4 is 0 Å². The van der Waals surface area contributed by atoms with Crippen molar-refractivity contribution in [3.05, 3.63) is 33.9 Å². The molecule has 1 aliphatic rings. The lowest BCUT2D eigenvalue weighted by Gasteiger charge is -2.33. The maximum atomic E-state index is 11.0. The van der Waals surface area contributed by atoms with E-state index in [-0.39, 0.29) is 11.5 Å². The summed E-state index contributed by atoms with van der Waals surface area (Å²) >= 11 is 0. The molecule has 0 radical (unpaired) electrons. The molecule has 1 aromatic carbocycles. The van der Waals surface area contributed by atoms with Gasteiger partial charge in [0.25, 0.3) is 0 Å². The summed E-state index contributed by atoms with van der Waals surface area (Å²) in [4.78, 5) is 0. The summed E-state index contributed by atoms with van der Waals surface area (Å²) in [6, 6.07) is 2.24. The fourth-order valence-corrected chi connectivity index (χ4v) is 3.83. The molecule has 0 heterocycles. The lowest BCUT2D eigenvalue weighted by atomic mass is 9.74. The Balaban J connectivity index is 2.47. The molecule has 1 aliphatic carbocycles. The molecule has 1 fully saturated rings. The average Bonchev–Trinajstić information content (AvgIpc) is 2.66. The Hall–Kier alpha value is -0.820. The zero-order valence-electron chi connectivity index (χ0n) is 13.3. The summed E-state index contributed by atoms with van der Waals surface area (Å²) < 4.78 is 0. The number of aryl methyl sites for hydroxylation is 2. The van der Waals surface area contributed by atoms with Crippen molar-refractivity contribution in [1.82, 2.24) is 0 Å². The second-order valence-electron chi connectivity index (χ2n) is 7.11. The summed E-state index contributed by atoms with van der Waals surface area (Å²) in [5, 5.41) is 11.0. The maximum absolute atomic E-state index is 11.0. The zero-order valence-corrected chi connectivity index (χ0v) is 13.3. The van der Waals surface area contributed by atoms with Gasteiger partial charge in [-0.05, 0) is 79.7 Å². The molecule has 1 aromatic rings. The third-order valence-corrected chi connectivity index (χ3v) is 5.44. The smallest absolute Gasteiger partial charge is 0.0828 e. The number of aliphatic hydroxyl groups excluding tert-OH is 1. The van der Waals surface area contributed by atoms with Gasteiger partial charge < -0.3 is 5.11 Å². The first-order valence-corrected chi connectivity index (χ1v) is 7.51. The molecule has 1 heteroatoms. The van der Waals surface area contributed by atoms with E-state index in [4.69, 9.17) is 0 Å². The first-order valence-electron chi connectivity index (χ1n) is 7.51. The molecule has 1 N–H and O–H groups in total. The fourth-order valence-electron chi connectivity index (χ4n) is 3.83. The lowest BCUT2D eigenvalue weighted by molar-refractivity contribution is 0.0521. The highest BCUT2D eigenvalue weighted by Gasteiger charge is 2.40. The van der Waals surface area contributed by atoms with Crippen LogP contribution in [0.25, 0.3) is 0 Å². The summed E-state index contributed by atoms with van der Waals surface area (Å²) in [7, 11) is 0. The van der Waals surface area contributed by atoms with Gasteiger partial charge in [0.15, 0.2) is 0 Å². The van der Waals surface area contributed by atoms with Crippen LogP contribution in [0, 0.1) is 39.0 Å². The van der Waals surface area contributed by atoms with Crippen molar-refractivity contribution in [2.24, 2.45) is 11.3 Å². The molecule has 19 heavy (non-hydrogen) atoms. The number of aliphatic hydroxyl groups is 1. The standard InChI is InChI=1S/C18H28O/c1-11-10-12(2)14(4)16(13(11)3)17(19)15-8-7-9-18(15,5)6/h10,15,17,19H,7-9H2,1-6H3. The SMILES string of the molecule is Cc1cc(C)c(C)c(C(O)C2CCCC2(C)C)c1C. The number of rotatable bonds is 2. The molecule has 0 spiro atoms. The van der Waals surface area contributed by atoms with Crippen molar-refractivity contribution >= 4 is 0 Å². The van der Waals surface area contributed by atoms with Crippen molar-refractivity contribution in [3.8, 4) is 0 Å². The normalized spacial score (nSPS) is 23.6. The van der Waals surface area contributed by atoms with E-state index in [0.29, 0.717) is 5.92 Å². The third-order valence-electron chi connectivity index (χ3n) is 5.44. The predicted octanol–water partition coefficient (Wildman–Crippen LogP) is 4.78. The van der Waals surface area contributed by atoms with Crippen LogP contribution in [-0.4, -0.2) is 5.11 Å². The van der Waals surface area contributed by atoms with Crippen LogP contribution in [0.2, 0.25) is 0 Å². The molecule has 0 bridgehead atoms. The minimum atomic E-state index is -0.309. The van der Waals surface area contributed by atoms with Crippen molar-refractivity contribution in [1.29, 1.82) is 0 Å². The van der Waals surface area contributed by atoms with E-state index in [2.05, 4.69) is 47.6 Å². The Bertz CT molecular complexity index is 459. The Morgan fingerprint density at radius 1 is 1.11 bits per heavy atom. The van der Waals surface area contributed by atoms with Crippen LogP contribution in [0.3, 0.4) is 0 Å². The van der Waals surface area contributed by atoms with Gasteiger partial charge in [-0.15, -0.1) is 0 Å². The molecule has 1 nitrogen and oxygen atoms in total. The second kappa shape index (κ2) is 4.94. The summed E-state index contributed by atoms with van der Waals surface area (Å²) in [5.41, 5.74) is 6.60. The first kappa shape index (κ1) is 14.6.